The molecule has 0 aliphatic carbocycles. The predicted octanol–water partition coefficient (Wildman–Crippen LogP) is 2.84. The largest absolute Gasteiger partial charge is 0.353 e. The zero-order valence-corrected chi connectivity index (χ0v) is 11.8. The van der Waals surface area contributed by atoms with Gasteiger partial charge in [-0.15, -0.1) is 0 Å². The van der Waals surface area contributed by atoms with Crippen LogP contribution in [0.5, 0.6) is 0 Å². The fourth-order valence-electron chi connectivity index (χ4n) is 1.99. The first-order valence-corrected chi connectivity index (χ1v) is 7.16. The molecular formula is C14H30N2O. The molecule has 0 radical (unpaired) electrons. The standard InChI is InChI=1S/C14H30N2O/c1-4-6-10-13(8-5-2)16-14(17)12(3)9-7-11-15/h12-13H,4-11,15H2,1-3H3,(H,16,17). The van der Waals surface area contributed by atoms with Gasteiger partial charge in [-0.1, -0.05) is 40.0 Å². The summed E-state index contributed by atoms with van der Waals surface area (Å²) in [5, 5.41) is 3.18. The average molecular weight is 242 g/mol. The molecule has 0 aliphatic rings. The van der Waals surface area contributed by atoms with Gasteiger partial charge in [0.15, 0.2) is 0 Å². The molecule has 0 saturated heterocycles. The maximum Gasteiger partial charge on any atom is 0.223 e. The Morgan fingerprint density at radius 1 is 1.12 bits per heavy atom. The Morgan fingerprint density at radius 2 is 1.82 bits per heavy atom. The SMILES string of the molecule is CCCCC(CCC)NC(=O)C(C)CCCN. The third-order valence-corrected chi connectivity index (χ3v) is 3.18. The van der Waals surface area contributed by atoms with E-state index in [4.69, 9.17) is 5.73 Å². The van der Waals surface area contributed by atoms with Crippen LogP contribution >= 0.6 is 0 Å². The fourth-order valence-corrected chi connectivity index (χ4v) is 1.99. The Morgan fingerprint density at radius 3 is 2.35 bits per heavy atom. The van der Waals surface area contributed by atoms with Crippen LogP contribution in [-0.4, -0.2) is 18.5 Å². The highest BCUT2D eigenvalue weighted by molar-refractivity contribution is 5.78. The Labute approximate surface area is 107 Å². The number of amides is 1. The van der Waals surface area contributed by atoms with Crippen LogP contribution in [0.25, 0.3) is 0 Å². The molecule has 3 N–H and O–H groups in total. The van der Waals surface area contributed by atoms with Gasteiger partial charge >= 0.3 is 0 Å². The van der Waals surface area contributed by atoms with Gasteiger partial charge in [0, 0.05) is 12.0 Å². The number of hydrogen-bond acceptors (Lipinski definition) is 2. The summed E-state index contributed by atoms with van der Waals surface area (Å²) in [6, 6.07) is 0.368. The second-order valence-corrected chi connectivity index (χ2v) is 4.97. The lowest BCUT2D eigenvalue weighted by molar-refractivity contribution is -0.125. The lowest BCUT2D eigenvalue weighted by Gasteiger charge is -2.20. The van der Waals surface area contributed by atoms with Crippen LogP contribution in [0.15, 0.2) is 0 Å². The molecule has 0 heterocycles. The summed E-state index contributed by atoms with van der Waals surface area (Å²) in [6.45, 7) is 7.03. The normalized spacial score (nSPS) is 14.4. The van der Waals surface area contributed by atoms with Crippen LogP contribution in [0.4, 0.5) is 0 Å². The summed E-state index contributed by atoms with van der Waals surface area (Å²) in [5.74, 6) is 0.299. The molecule has 102 valence electrons. The highest BCUT2D eigenvalue weighted by Gasteiger charge is 2.16. The predicted molar refractivity (Wildman–Crippen MR) is 73.8 cm³/mol. The second-order valence-electron chi connectivity index (χ2n) is 4.97. The minimum Gasteiger partial charge on any atom is -0.353 e. The van der Waals surface area contributed by atoms with Crippen LogP contribution in [0.1, 0.15) is 65.7 Å². The first-order chi connectivity index (χ1) is 8.15. The zero-order chi connectivity index (χ0) is 13.1. The van der Waals surface area contributed by atoms with Crippen molar-refractivity contribution >= 4 is 5.91 Å². The molecule has 3 heteroatoms. The average Bonchev–Trinajstić information content (AvgIpc) is 2.33. The molecule has 0 aromatic carbocycles. The Balaban J connectivity index is 4.00. The van der Waals surface area contributed by atoms with Gasteiger partial charge < -0.3 is 11.1 Å². The lowest BCUT2D eigenvalue weighted by atomic mass is 10.0. The van der Waals surface area contributed by atoms with Crippen molar-refractivity contribution in [2.24, 2.45) is 11.7 Å². The molecular weight excluding hydrogens is 212 g/mol. The van der Waals surface area contributed by atoms with Crippen molar-refractivity contribution in [1.82, 2.24) is 5.32 Å². The highest BCUT2D eigenvalue weighted by Crippen LogP contribution is 2.10. The smallest absolute Gasteiger partial charge is 0.223 e. The number of carbonyl (C=O) groups is 1. The maximum atomic E-state index is 11.9. The summed E-state index contributed by atoms with van der Waals surface area (Å²) >= 11 is 0. The van der Waals surface area contributed by atoms with E-state index in [1.807, 2.05) is 6.92 Å². The van der Waals surface area contributed by atoms with Gasteiger partial charge in [0.1, 0.15) is 0 Å². The molecule has 0 saturated carbocycles. The van der Waals surface area contributed by atoms with Crippen molar-refractivity contribution in [3.05, 3.63) is 0 Å². The number of unbranched alkanes of at least 4 members (excludes halogenated alkanes) is 1. The molecule has 0 fully saturated rings. The molecule has 0 aromatic rings. The molecule has 1 amide bonds. The van der Waals surface area contributed by atoms with E-state index in [-0.39, 0.29) is 11.8 Å². The van der Waals surface area contributed by atoms with E-state index in [2.05, 4.69) is 19.2 Å². The van der Waals surface area contributed by atoms with Crippen LogP contribution < -0.4 is 11.1 Å². The number of rotatable bonds is 10. The van der Waals surface area contributed by atoms with Crippen molar-refractivity contribution < 1.29 is 4.79 Å². The van der Waals surface area contributed by atoms with E-state index in [9.17, 15) is 4.79 Å². The molecule has 2 atom stereocenters. The van der Waals surface area contributed by atoms with Crippen LogP contribution in [0.2, 0.25) is 0 Å². The highest BCUT2D eigenvalue weighted by atomic mass is 16.1. The topological polar surface area (TPSA) is 55.1 Å². The summed E-state index contributed by atoms with van der Waals surface area (Å²) in [7, 11) is 0. The lowest BCUT2D eigenvalue weighted by Crippen LogP contribution is -2.38. The third kappa shape index (κ3) is 8.19. The van der Waals surface area contributed by atoms with Crippen molar-refractivity contribution in [3.63, 3.8) is 0 Å². The second kappa shape index (κ2) is 10.6. The van der Waals surface area contributed by atoms with E-state index in [0.717, 1.165) is 32.1 Å². The molecule has 0 aromatic heterocycles. The summed E-state index contributed by atoms with van der Waals surface area (Å²) in [6.07, 6.45) is 7.55. The third-order valence-electron chi connectivity index (χ3n) is 3.18. The molecule has 0 bridgehead atoms. The van der Waals surface area contributed by atoms with Gasteiger partial charge in [0.05, 0.1) is 0 Å². The Hall–Kier alpha value is -0.570. The zero-order valence-electron chi connectivity index (χ0n) is 11.8. The molecule has 17 heavy (non-hydrogen) atoms. The molecule has 3 nitrogen and oxygen atoms in total. The number of nitrogens with one attached hydrogen (secondary N) is 1. The van der Waals surface area contributed by atoms with Crippen molar-refractivity contribution in [2.75, 3.05) is 6.54 Å². The molecule has 0 spiro atoms. The van der Waals surface area contributed by atoms with E-state index >= 15 is 0 Å². The summed E-state index contributed by atoms with van der Waals surface area (Å²) in [5.41, 5.74) is 5.46. The maximum absolute atomic E-state index is 11.9. The first-order valence-electron chi connectivity index (χ1n) is 7.16. The van der Waals surface area contributed by atoms with Crippen molar-refractivity contribution in [2.45, 2.75) is 71.8 Å². The van der Waals surface area contributed by atoms with Crippen molar-refractivity contribution in [1.29, 1.82) is 0 Å². The molecule has 0 rings (SSSR count). The number of carbonyl (C=O) groups excluding carboxylic acids is 1. The van der Waals surface area contributed by atoms with Gasteiger partial charge in [-0.2, -0.15) is 0 Å². The minimum atomic E-state index is 0.0968. The molecule has 2 unspecified atom stereocenters. The van der Waals surface area contributed by atoms with Gasteiger partial charge in [0.2, 0.25) is 5.91 Å². The first kappa shape index (κ1) is 16.4. The molecule has 0 aliphatic heterocycles. The summed E-state index contributed by atoms with van der Waals surface area (Å²) < 4.78 is 0. The fraction of sp³-hybridized carbons (Fsp3) is 0.929. The van der Waals surface area contributed by atoms with Gasteiger partial charge in [-0.3, -0.25) is 4.79 Å². The van der Waals surface area contributed by atoms with Crippen LogP contribution in [0.3, 0.4) is 0 Å². The summed E-state index contributed by atoms with van der Waals surface area (Å²) in [4.78, 5) is 11.9. The van der Waals surface area contributed by atoms with Crippen LogP contribution in [0, 0.1) is 5.92 Å². The van der Waals surface area contributed by atoms with Crippen LogP contribution in [-0.2, 0) is 4.79 Å². The number of hydrogen-bond donors (Lipinski definition) is 2. The quantitative estimate of drug-likeness (QED) is 0.619. The monoisotopic (exact) mass is 242 g/mol. The Bertz CT molecular complexity index is 195. The van der Waals surface area contributed by atoms with E-state index in [1.165, 1.54) is 12.8 Å². The minimum absolute atomic E-state index is 0.0968. The number of nitrogens with two attached hydrogens (primary N) is 1. The Kier molecular flexibility index (Phi) is 10.2. The van der Waals surface area contributed by atoms with Crippen molar-refractivity contribution in [3.8, 4) is 0 Å². The van der Waals surface area contributed by atoms with Gasteiger partial charge in [-0.05, 0) is 32.2 Å². The van der Waals surface area contributed by atoms with E-state index in [0.29, 0.717) is 12.6 Å². The van der Waals surface area contributed by atoms with Gasteiger partial charge in [0.25, 0.3) is 0 Å². The van der Waals surface area contributed by atoms with E-state index < -0.39 is 0 Å². The van der Waals surface area contributed by atoms with E-state index in [1.54, 1.807) is 0 Å². The van der Waals surface area contributed by atoms with Gasteiger partial charge in [-0.25, -0.2) is 0 Å².